The minimum absolute atomic E-state index is 0.171. The average Bonchev–Trinajstić information content (AvgIpc) is 2.65. The summed E-state index contributed by atoms with van der Waals surface area (Å²) in [5.41, 5.74) is 0.438. The first-order valence-corrected chi connectivity index (χ1v) is 11.2. The second-order valence-corrected chi connectivity index (χ2v) is 9.21. The molecule has 10 heteroatoms. The van der Waals surface area contributed by atoms with Crippen molar-refractivity contribution in [2.45, 2.75) is 11.3 Å². The van der Waals surface area contributed by atoms with Gasteiger partial charge in [-0.2, -0.15) is 4.31 Å². The van der Waals surface area contributed by atoms with E-state index in [4.69, 9.17) is 0 Å². The molecule has 0 atom stereocenters. The smallest absolute Gasteiger partial charge is 0.315 e. The van der Waals surface area contributed by atoms with Gasteiger partial charge in [0.15, 0.2) is 0 Å². The largest absolute Gasteiger partial charge is 0.468 e. The Hall–Kier alpha value is -1.62. The van der Waals surface area contributed by atoms with Crippen molar-refractivity contribution in [3.05, 3.63) is 24.3 Å². The molecule has 1 heterocycles. The zero-order valence-electron chi connectivity index (χ0n) is 15.5. The Kier molecular flexibility index (Phi) is 8.08. The van der Waals surface area contributed by atoms with Crippen LogP contribution in [0.4, 0.5) is 5.69 Å². The van der Waals surface area contributed by atoms with Gasteiger partial charge in [-0.25, -0.2) is 8.42 Å². The van der Waals surface area contributed by atoms with Crippen molar-refractivity contribution in [3.63, 3.8) is 0 Å². The van der Waals surface area contributed by atoms with E-state index in [1.165, 1.54) is 35.3 Å². The van der Waals surface area contributed by atoms with Crippen LogP contribution in [0, 0.1) is 0 Å². The Morgan fingerprint density at radius 2 is 1.93 bits per heavy atom. The first-order valence-electron chi connectivity index (χ1n) is 8.56. The van der Waals surface area contributed by atoms with Crippen LogP contribution >= 0.6 is 11.8 Å². The number of ether oxygens (including phenoxy) is 1. The lowest BCUT2D eigenvalue weighted by Crippen LogP contribution is -2.47. The summed E-state index contributed by atoms with van der Waals surface area (Å²) in [5, 5.41) is 2.71. The molecule has 1 aromatic carbocycles. The summed E-state index contributed by atoms with van der Waals surface area (Å²) in [5.74, 6) is 0.103. The van der Waals surface area contributed by atoms with Crippen LogP contribution in [-0.4, -0.2) is 81.3 Å². The van der Waals surface area contributed by atoms with Crippen molar-refractivity contribution in [3.8, 4) is 0 Å². The molecule has 0 saturated carbocycles. The topological polar surface area (TPSA) is 96.0 Å². The van der Waals surface area contributed by atoms with Gasteiger partial charge in [0.05, 0.1) is 17.8 Å². The van der Waals surface area contributed by atoms with E-state index in [0.717, 1.165) is 0 Å². The van der Waals surface area contributed by atoms with Crippen molar-refractivity contribution in [2.24, 2.45) is 0 Å². The normalized spacial score (nSPS) is 16.1. The fourth-order valence-corrected chi connectivity index (χ4v) is 4.74. The molecular weight excluding hydrogens is 390 g/mol. The molecule has 1 amide bonds. The third-order valence-electron chi connectivity index (χ3n) is 4.14. The van der Waals surface area contributed by atoms with Crippen LogP contribution in [0.25, 0.3) is 0 Å². The van der Waals surface area contributed by atoms with E-state index in [1.54, 1.807) is 12.1 Å². The molecule has 0 radical (unpaired) electrons. The zero-order chi connectivity index (χ0) is 19.9. The first-order chi connectivity index (χ1) is 12.8. The summed E-state index contributed by atoms with van der Waals surface area (Å²) in [6.45, 7) is 2.29. The van der Waals surface area contributed by atoms with Gasteiger partial charge < -0.3 is 15.0 Å². The maximum Gasteiger partial charge on any atom is 0.315 e. The van der Waals surface area contributed by atoms with E-state index < -0.39 is 10.0 Å². The molecule has 0 aromatic heterocycles. The highest BCUT2D eigenvalue weighted by Crippen LogP contribution is 2.21. The SMILES string of the molecule is COC(=O)CSCCC(=O)Nc1cccc(S(=O)(=O)N2CCN(C)CC2)c1. The van der Waals surface area contributed by atoms with E-state index >= 15 is 0 Å². The van der Waals surface area contributed by atoms with Gasteiger partial charge in [-0.1, -0.05) is 6.07 Å². The molecule has 1 saturated heterocycles. The molecule has 2 rings (SSSR count). The van der Waals surface area contributed by atoms with Crippen molar-refractivity contribution < 1.29 is 22.7 Å². The van der Waals surface area contributed by atoms with Gasteiger partial charge in [0, 0.05) is 44.0 Å². The van der Waals surface area contributed by atoms with Crippen LogP contribution in [0.15, 0.2) is 29.2 Å². The molecule has 1 aliphatic heterocycles. The highest BCUT2D eigenvalue weighted by Gasteiger charge is 2.27. The van der Waals surface area contributed by atoms with Crippen LogP contribution in [0.5, 0.6) is 0 Å². The Bertz CT molecular complexity index is 762. The number of piperazine rings is 1. The lowest BCUT2D eigenvalue weighted by atomic mass is 10.3. The molecule has 1 aromatic rings. The number of carbonyl (C=O) groups excluding carboxylic acids is 2. The minimum Gasteiger partial charge on any atom is -0.468 e. The third-order valence-corrected chi connectivity index (χ3v) is 6.97. The van der Waals surface area contributed by atoms with Gasteiger partial charge in [-0.15, -0.1) is 11.8 Å². The molecule has 0 bridgehead atoms. The summed E-state index contributed by atoms with van der Waals surface area (Å²) in [7, 11) is -0.297. The number of sulfonamides is 1. The van der Waals surface area contributed by atoms with Crippen LogP contribution in [-0.2, 0) is 24.3 Å². The van der Waals surface area contributed by atoms with Gasteiger partial charge in [-0.05, 0) is 25.2 Å². The second-order valence-electron chi connectivity index (χ2n) is 6.16. The number of nitrogens with zero attached hydrogens (tertiary/aromatic N) is 2. The van der Waals surface area contributed by atoms with E-state index in [0.29, 0.717) is 37.6 Å². The van der Waals surface area contributed by atoms with Gasteiger partial charge in [0.25, 0.3) is 0 Å². The number of methoxy groups -OCH3 is 1. The Morgan fingerprint density at radius 1 is 1.22 bits per heavy atom. The van der Waals surface area contributed by atoms with Gasteiger partial charge in [0.1, 0.15) is 0 Å². The fourth-order valence-electron chi connectivity index (χ4n) is 2.51. The third kappa shape index (κ3) is 6.49. The summed E-state index contributed by atoms with van der Waals surface area (Å²) in [6, 6.07) is 6.29. The number of likely N-dealkylation sites (N-methyl/N-ethyl adjacent to an activating group) is 1. The number of anilines is 1. The van der Waals surface area contributed by atoms with Crippen molar-refractivity contribution in [2.75, 3.05) is 57.2 Å². The lowest BCUT2D eigenvalue weighted by molar-refractivity contribution is -0.137. The van der Waals surface area contributed by atoms with E-state index in [2.05, 4.69) is 15.0 Å². The Labute approximate surface area is 164 Å². The maximum atomic E-state index is 12.8. The minimum atomic E-state index is -3.58. The number of hydrogen-bond acceptors (Lipinski definition) is 7. The highest BCUT2D eigenvalue weighted by molar-refractivity contribution is 7.99. The van der Waals surface area contributed by atoms with E-state index in [1.807, 2.05) is 7.05 Å². The molecular formula is C17H25N3O5S2. The molecule has 1 fully saturated rings. The number of rotatable bonds is 8. The summed E-state index contributed by atoms with van der Waals surface area (Å²) in [6.07, 6.45) is 0.219. The summed E-state index contributed by atoms with van der Waals surface area (Å²) in [4.78, 5) is 25.3. The number of nitrogens with one attached hydrogen (secondary N) is 1. The Balaban J connectivity index is 1.92. The molecule has 0 unspecified atom stereocenters. The number of benzene rings is 1. The number of hydrogen-bond donors (Lipinski definition) is 1. The van der Waals surface area contributed by atoms with Crippen molar-refractivity contribution in [1.29, 1.82) is 0 Å². The lowest BCUT2D eigenvalue weighted by Gasteiger charge is -2.31. The molecule has 150 valence electrons. The molecule has 0 spiro atoms. The summed E-state index contributed by atoms with van der Waals surface area (Å²) >= 11 is 1.31. The van der Waals surface area contributed by atoms with Crippen molar-refractivity contribution >= 4 is 39.3 Å². The van der Waals surface area contributed by atoms with Gasteiger partial charge >= 0.3 is 5.97 Å². The zero-order valence-corrected chi connectivity index (χ0v) is 17.1. The van der Waals surface area contributed by atoms with E-state index in [-0.39, 0.29) is 28.9 Å². The number of carbonyl (C=O) groups is 2. The molecule has 8 nitrogen and oxygen atoms in total. The van der Waals surface area contributed by atoms with Crippen molar-refractivity contribution in [1.82, 2.24) is 9.21 Å². The quantitative estimate of drug-likeness (QED) is 0.497. The van der Waals surface area contributed by atoms with E-state index in [9.17, 15) is 18.0 Å². The van der Waals surface area contributed by atoms with Gasteiger partial charge in [0.2, 0.25) is 15.9 Å². The standard InChI is InChI=1S/C17H25N3O5S2/c1-19-7-9-20(10-8-19)27(23,24)15-5-3-4-14(12-15)18-16(21)6-11-26-13-17(22)25-2/h3-5,12H,6-11,13H2,1-2H3,(H,18,21). The number of thioether (sulfide) groups is 1. The summed E-state index contributed by atoms with van der Waals surface area (Å²) < 4.78 is 31.6. The van der Waals surface area contributed by atoms with Crippen LogP contribution in [0.1, 0.15) is 6.42 Å². The monoisotopic (exact) mass is 415 g/mol. The molecule has 0 aliphatic carbocycles. The van der Waals surface area contributed by atoms with Gasteiger partial charge in [-0.3, -0.25) is 9.59 Å². The Morgan fingerprint density at radius 3 is 2.59 bits per heavy atom. The molecule has 1 N–H and O–H groups in total. The van der Waals surface area contributed by atoms with Crippen LogP contribution < -0.4 is 5.32 Å². The van der Waals surface area contributed by atoms with Crippen LogP contribution in [0.3, 0.4) is 0 Å². The molecule has 1 aliphatic rings. The highest BCUT2D eigenvalue weighted by atomic mass is 32.2. The first kappa shape index (κ1) is 21.7. The second kappa shape index (κ2) is 10.1. The number of amides is 1. The number of esters is 1. The predicted octanol–water partition coefficient (Wildman–Crippen LogP) is 0.858. The maximum absolute atomic E-state index is 12.8. The average molecular weight is 416 g/mol. The van der Waals surface area contributed by atoms with Crippen LogP contribution in [0.2, 0.25) is 0 Å². The fraction of sp³-hybridized carbons (Fsp3) is 0.529. The predicted molar refractivity (Wildman–Crippen MR) is 105 cm³/mol. The molecule has 27 heavy (non-hydrogen) atoms.